The Hall–Kier alpha value is -1.85. The zero-order valence-electron chi connectivity index (χ0n) is 14.8. The minimum absolute atomic E-state index is 0. The van der Waals surface area contributed by atoms with Gasteiger partial charge in [-0.15, -0.1) is 0 Å². The van der Waals surface area contributed by atoms with E-state index in [9.17, 15) is 4.79 Å². The summed E-state index contributed by atoms with van der Waals surface area (Å²) in [5, 5.41) is 0. The molecule has 0 spiro atoms. The Morgan fingerprint density at radius 3 is 1.80 bits per heavy atom. The molecule has 2 aromatic carbocycles. The first kappa shape index (κ1) is 19.5. The van der Waals surface area contributed by atoms with Crippen LogP contribution in [0.5, 0.6) is 0 Å². The summed E-state index contributed by atoms with van der Waals surface area (Å²) in [6.45, 7) is 2.07. The number of hydrogen-bond donors (Lipinski definition) is 0. The minimum Gasteiger partial charge on any atom is -1.00 e. The van der Waals surface area contributed by atoms with E-state index in [1.54, 1.807) is 4.90 Å². The molecule has 5 heteroatoms. The van der Waals surface area contributed by atoms with E-state index in [1.807, 2.05) is 60.7 Å². The minimum atomic E-state index is -0.301. The molecular formula is C20H25BrN2O2. The molecule has 0 aliphatic carbocycles. The fourth-order valence-electron chi connectivity index (χ4n) is 3.07. The summed E-state index contributed by atoms with van der Waals surface area (Å²) >= 11 is 0. The van der Waals surface area contributed by atoms with Gasteiger partial charge >= 0.3 is 6.09 Å². The van der Waals surface area contributed by atoms with Gasteiger partial charge in [0.1, 0.15) is 6.10 Å². The van der Waals surface area contributed by atoms with Crippen LogP contribution in [0.2, 0.25) is 0 Å². The molecular weight excluding hydrogens is 380 g/mol. The molecule has 1 fully saturated rings. The summed E-state index contributed by atoms with van der Waals surface area (Å²) in [4.78, 5) is 14.5. The average Bonchev–Trinajstić information content (AvgIpc) is 2.59. The topological polar surface area (TPSA) is 29.5 Å². The van der Waals surface area contributed by atoms with Crippen LogP contribution in [-0.2, 0) is 4.74 Å². The van der Waals surface area contributed by atoms with Crippen molar-refractivity contribution >= 4 is 17.5 Å². The van der Waals surface area contributed by atoms with E-state index >= 15 is 0 Å². The molecule has 0 radical (unpaired) electrons. The van der Waals surface area contributed by atoms with E-state index in [-0.39, 0.29) is 29.2 Å². The summed E-state index contributed by atoms with van der Waals surface area (Å²) in [7, 11) is 4.44. The molecule has 1 aliphatic heterocycles. The van der Waals surface area contributed by atoms with Crippen molar-refractivity contribution in [1.29, 1.82) is 0 Å². The Morgan fingerprint density at radius 2 is 1.36 bits per heavy atom. The van der Waals surface area contributed by atoms with Crippen molar-refractivity contribution in [3.63, 3.8) is 0 Å². The highest BCUT2D eigenvalue weighted by molar-refractivity contribution is 5.96. The molecule has 3 rings (SSSR count). The Bertz CT molecular complexity index is 627. The quantitative estimate of drug-likeness (QED) is 0.719. The third kappa shape index (κ3) is 5.06. The average molecular weight is 405 g/mol. The van der Waals surface area contributed by atoms with Crippen LogP contribution in [0.4, 0.5) is 16.2 Å². The number of carbonyl (C=O) groups excluding carboxylic acids is 1. The summed E-state index contributed by atoms with van der Waals surface area (Å²) in [6, 6.07) is 19.3. The number of halogens is 1. The van der Waals surface area contributed by atoms with Crippen LogP contribution in [0.1, 0.15) is 12.8 Å². The van der Waals surface area contributed by atoms with Gasteiger partial charge in [0.15, 0.2) is 0 Å². The van der Waals surface area contributed by atoms with Gasteiger partial charge in [-0.2, -0.15) is 0 Å². The first-order chi connectivity index (χ1) is 11.6. The second-order valence-electron chi connectivity index (χ2n) is 6.97. The number of para-hydroxylation sites is 2. The maximum atomic E-state index is 12.9. The zero-order valence-corrected chi connectivity index (χ0v) is 16.4. The van der Waals surface area contributed by atoms with Crippen LogP contribution >= 0.6 is 0 Å². The molecule has 134 valence electrons. The fraction of sp³-hybridized carbons (Fsp3) is 0.350. The third-order valence-corrected chi connectivity index (χ3v) is 4.59. The number of piperidine rings is 1. The number of rotatable bonds is 3. The number of hydrogen-bond acceptors (Lipinski definition) is 2. The lowest BCUT2D eigenvalue weighted by atomic mass is 10.1. The Morgan fingerprint density at radius 1 is 0.920 bits per heavy atom. The molecule has 25 heavy (non-hydrogen) atoms. The largest absolute Gasteiger partial charge is 1.00 e. The highest BCUT2D eigenvalue weighted by atomic mass is 79.9. The van der Waals surface area contributed by atoms with Gasteiger partial charge < -0.3 is 26.2 Å². The third-order valence-electron chi connectivity index (χ3n) is 4.59. The van der Waals surface area contributed by atoms with Crippen LogP contribution < -0.4 is 21.9 Å². The molecule has 1 heterocycles. The number of anilines is 2. The molecule has 0 unspecified atom stereocenters. The molecule has 1 aliphatic rings. The summed E-state index contributed by atoms with van der Waals surface area (Å²) in [5.74, 6) is 0. The van der Waals surface area contributed by atoms with Crippen LogP contribution in [0.15, 0.2) is 60.7 Å². The van der Waals surface area contributed by atoms with Gasteiger partial charge in [-0.05, 0) is 24.3 Å². The van der Waals surface area contributed by atoms with Crippen LogP contribution in [-0.4, -0.2) is 43.9 Å². The lowest BCUT2D eigenvalue weighted by Crippen LogP contribution is -3.00. The van der Waals surface area contributed by atoms with Gasteiger partial charge in [0, 0.05) is 12.8 Å². The SMILES string of the molecule is C[N+]1(C)CCC(OC(=O)N(c2ccccc2)c2ccccc2)CC1.[Br-]. The zero-order chi connectivity index (χ0) is 17.0. The van der Waals surface area contributed by atoms with Crippen molar-refractivity contribution in [2.45, 2.75) is 18.9 Å². The highest BCUT2D eigenvalue weighted by Gasteiger charge is 2.30. The first-order valence-corrected chi connectivity index (χ1v) is 8.48. The van der Waals surface area contributed by atoms with Gasteiger partial charge in [-0.1, -0.05) is 36.4 Å². The van der Waals surface area contributed by atoms with Gasteiger partial charge in [0.05, 0.1) is 38.6 Å². The Balaban J connectivity index is 0.00000225. The van der Waals surface area contributed by atoms with Crippen molar-refractivity contribution in [2.75, 3.05) is 32.1 Å². The van der Waals surface area contributed by atoms with Crippen LogP contribution in [0.25, 0.3) is 0 Å². The molecule has 0 N–H and O–H groups in total. The molecule has 1 saturated heterocycles. The number of amides is 1. The van der Waals surface area contributed by atoms with E-state index in [0.717, 1.165) is 41.8 Å². The van der Waals surface area contributed by atoms with Crippen molar-refractivity contribution in [3.8, 4) is 0 Å². The monoisotopic (exact) mass is 404 g/mol. The lowest BCUT2D eigenvalue weighted by molar-refractivity contribution is -0.896. The van der Waals surface area contributed by atoms with Crippen LogP contribution in [0.3, 0.4) is 0 Å². The van der Waals surface area contributed by atoms with Gasteiger partial charge in [0.25, 0.3) is 0 Å². The normalized spacial score (nSPS) is 16.6. The maximum Gasteiger partial charge on any atom is 0.419 e. The summed E-state index contributed by atoms with van der Waals surface area (Å²) in [6.07, 6.45) is 1.52. The number of quaternary nitrogens is 1. The smallest absolute Gasteiger partial charge is 0.419 e. The van der Waals surface area contributed by atoms with E-state index in [4.69, 9.17) is 4.74 Å². The lowest BCUT2D eigenvalue weighted by Gasteiger charge is -2.37. The number of likely N-dealkylation sites (tertiary alicyclic amines) is 1. The van der Waals surface area contributed by atoms with Crippen molar-refractivity contribution < 1.29 is 31.0 Å². The molecule has 0 atom stereocenters. The standard InChI is InChI=1S/C20H25N2O2.BrH/c1-22(2)15-13-19(14-16-22)24-20(23)21(17-9-5-3-6-10-17)18-11-7-4-8-12-18;/h3-12,19H,13-16H2,1-2H3;1H/q+1;/p-1. The second-order valence-corrected chi connectivity index (χ2v) is 6.97. The summed E-state index contributed by atoms with van der Waals surface area (Å²) in [5.41, 5.74) is 1.64. The van der Waals surface area contributed by atoms with Crippen molar-refractivity contribution in [1.82, 2.24) is 0 Å². The summed E-state index contributed by atoms with van der Waals surface area (Å²) < 4.78 is 6.83. The number of benzene rings is 2. The highest BCUT2D eigenvalue weighted by Crippen LogP contribution is 2.27. The van der Waals surface area contributed by atoms with Crippen molar-refractivity contribution in [2.24, 2.45) is 0 Å². The predicted octanol–water partition coefficient (Wildman–Crippen LogP) is 1.20. The van der Waals surface area contributed by atoms with Gasteiger partial charge in [-0.25, -0.2) is 9.69 Å². The van der Waals surface area contributed by atoms with E-state index < -0.39 is 0 Å². The fourth-order valence-corrected chi connectivity index (χ4v) is 3.07. The molecule has 0 bridgehead atoms. The number of ether oxygens (including phenoxy) is 1. The Kier molecular flexibility index (Phi) is 6.62. The molecule has 1 amide bonds. The van der Waals surface area contributed by atoms with Crippen LogP contribution in [0, 0.1) is 0 Å². The molecule has 0 aromatic heterocycles. The number of nitrogens with zero attached hydrogens (tertiary/aromatic N) is 2. The Labute approximate surface area is 160 Å². The van der Waals surface area contributed by atoms with Gasteiger partial charge in [-0.3, -0.25) is 0 Å². The van der Waals surface area contributed by atoms with E-state index in [0.29, 0.717) is 0 Å². The van der Waals surface area contributed by atoms with Gasteiger partial charge in [0.2, 0.25) is 0 Å². The molecule has 4 nitrogen and oxygen atoms in total. The molecule has 0 saturated carbocycles. The maximum absolute atomic E-state index is 12.9. The van der Waals surface area contributed by atoms with E-state index in [1.165, 1.54) is 0 Å². The predicted molar refractivity (Wildman–Crippen MR) is 96.4 cm³/mol. The molecule has 2 aromatic rings. The van der Waals surface area contributed by atoms with E-state index in [2.05, 4.69) is 14.1 Å². The second kappa shape index (κ2) is 8.50. The number of carbonyl (C=O) groups is 1. The first-order valence-electron chi connectivity index (χ1n) is 8.48. The van der Waals surface area contributed by atoms with Crippen molar-refractivity contribution in [3.05, 3.63) is 60.7 Å².